The predicted octanol–water partition coefficient (Wildman–Crippen LogP) is 3.45. The van der Waals surface area contributed by atoms with Crippen molar-refractivity contribution in [1.29, 1.82) is 0 Å². The van der Waals surface area contributed by atoms with Gasteiger partial charge in [0.1, 0.15) is 5.82 Å². The number of carbonyl (C=O) groups is 2. The summed E-state index contributed by atoms with van der Waals surface area (Å²) in [4.78, 5) is 31.4. The van der Waals surface area contributed by atoms with Crippen molar-refractivity contribution >= 4 is 23.2 Å². The van der Waals surface area contributed by atoms with E-state index in [1.807, 2.05) is 4.90 Å². The SMILES string of the molecule is CC(=O)c1ccc(NC(=O)CCN2CCN(c3ccc(C(F)(F)F)cn3)CC2)cc1. The predicted molar refractivity (Wildman–Crippen MR) is 108 cm³/mol. The Balaban J connectivity index is 1.42. The highest BCUT2D eigenvalue weighted by molar-refractivity contribution is 5.95. The molecular weight excluding hydrogens is 397 g/mol. The first kappa shape index (κ1) is 21.8. The van der Waals surface area contributed by atoms with Crippen LogP contribution in [0.3, 0.4) is 0 Å². The lowest BCUT2D eigenvalue weighted by molar-refractivity contribution is -0.137. The van der Waals surface area contributed by atoms with Gasteiger partial charge in [-0.3, -0.25) is 14.5 Å². The third kappa shape index (κ3) is 5.79. The highest BCUT2D eigenvalue weighted by Gasteiger charge is 2.31. The first-order chi connectivity index (χ1) is 14.2. The number of hydrogen-bond donors (Lipinski definition) is 1. The van der Waals surface area contributed by atoms with Crippen molar-refractivity contribution in [1.82, 2.24) is 9.88 Å². The minimum absolute atomic E-state index is 0.0292. The van der Waals surface area contributed by atoms with Gasteiger partial charge < -0.3 is 10.2 Å². The number of alkyl halides is 3. The maximum absolute atomic E-state index is 12.6. The van der Waals surface area contributed by atoms with Gasteiger partial charge >= 0.3 is 6.18 Å². The summed E-state index contributed by atoms with van der Waals surface area (Å²) in [5, 5.41) is 2.81. The van der Waals surface area contributed by atoms with Crippen molar-refractivity contribution in [3.8, 4) is 0 Å². The molecule has 2 aromatic rings. The number of hydrogen-bond acceptors (Lipinski definition) is 5. The van der Waals surface area contributed by atoms with Gasteiger partial charge in [-0.15, -0.1) is 0 Å². The molecule has 0 atom stereocenters. The lowest BCUT2D eigenvalue weighted by Crippen LogP contribution is -2.47. The van der Waals surface area contributed by atoms with Gasteiger partial charge in [-0.25, -0.2) is 4.98 Å². The summed E-state index contributed by atoms with van der Waals surface area (Å²) in [5.41, 5.74) is 0.475. The number of benzene rings is 1. The molecule has 0 radical (unpaired) electrons. The van der Waals surface area contributed by atoms with E-state index in [9.17, 15) is 22.8 Å². The summed E-state index contributed by atoms with van der Waals surface area (Å²) in [6.45, 7) is 4.73. The van der Waals surface area contributed by atoms with E-state index in [-0.39, 0.29) is 11.7 Å². The highest BCUT2D eigenvalue weighted by Crippen LogP contribution is 2.29. The quantitative estimate of drug-likeness (QED) is 0.726. The fraction of sp³-hybridized carbons (Fsp3) is 0.381. The molecular formula is C21H23F3N4O2. The van der Waals surface area contributed by atoms with Gasteiger partial charge in [-0.2, -0.15) is 13.2 Å². The second-order valence-electron chi connectivity index (χ2n) is 7.16. The summed E-state index contributed by atoms with van der Waals surface area (Å²) in [6.07, 6.45) is -3.21. The number of halogens is 3. The van der Waals surface area contributed by atoms with Crippen molar-refractivity contribution < 1.29 is 22.8 Å². The summed E-state index contributed by atoms with van der Waals surface area (Å²) >= 11 is 0. The van der Waals surface area contributed by atoms with Crippen LogP contribution in [0.1, 0.15) is 29.3 Å². The normalized spacial score (nSPS) is 15.1. The number of nitrogens with zero attached hydrogens (tertiary/aromatic N) is 3. The Labute approximate surface area is 172 Å². The average Bonchev–Trinajstić information content (AvgIpc) is 2.72. The first-order valence-corrected chi connectivity index (χ1v) is 9.64. The molecule has 6 nitrogen and oxygen atoms in total. The molecule has 0 spiro atoms. The van der Waals surface area contributed by atoms with E-state index in [2.05, 4.69) is 15.2 Å². The molecule has 30 heavy (non-hydrogen) atoms. The van der Waals surface area contributed by atoms with Crippen molar-refractivity contribution in [3.63, 3.8) is 0 Å². The molecule has 160 valence electrons. The summed E-state index contributed by atoms with van der Waals surface area (Å²) in [6, 6.07) is 9.18. The number of amides is 1. The molecule has 1 amide bonds. The van der Waals surface area contributed by atoms with Crippen LogP contribution in [0.4, 0.5) is 24.7 Å². The van der Waals surface area contributed by atoms with E-state index in [4.69, 9.17) is 0 Å². The fourth-order valence-corrected chi connectivity index (χ4v) is 3.21. The zero-order valence-corrected chi connectivity index (χ0v) is 16.6. The minimum atomic E-state index is -4.39. The molecule has 3 rings (SSSR count). The minimum Gasteiger partial charge on any atom is -0.354 e. The Kier molecular flexibility index (Phi) is 6.71. The summed E-state index contributed by atoms with van der Waals surface area (Å²) in [7, 11) is 0. The van der Waals surface area contributed by atoms with Crippen molar-refractivity contribution in [2.75, 3.05) is 42.9 Å². The second kappa shape index (κ2) is 9.25. The zero-order valence-electron chi connectivity index (χ0n) is 16.6. The van der Waals surface area contributed by atoms with Crippen LogP contribution in [-0.4, -0.2) is 54.3 Å². The number of aromatic nitrogens is 1. The van der Waals surface area contributed by atoms with Crippen LogP contribution in [0.5, 0.6) is 0 Å². The number of piperazine rings is 1. The van der Waals surface area contributed by atoms with E-state index in [0.29, 0.717) is 56.2 Å². The molecule has 2 heterocycles. The van der Waals surface area contributed by atoms with Crippen LogP contribution in [0.2, 0.25) is 0 Å². The van der Waals surface area contributed by atoms with Gasteiger partial charge in [0.15, 0.2) is 5.78 Å². The smallest absolute Gasteiger partial charge is 0.354 e. The zero-order chi connectivity index (χ0) is 21.7. The van der Waals surface area contributed by atoms with Gasteiger partial charge in [0.05, 0.1) is 5.56 Å². The lowest BCUT2D eigenvalue weighted by Gasteiger charge is -2.35. The lowest BCUT2D eigenvalue weighted by atomic mass is 10.1. The number of pyridine rings is 1. The number of anilines is 2. The number of carbonyl (C=O) groups excluding carboxylic acids is 2. The number of rotatable bonds is 6. The van der Waals surface area contributed by atoms with Crippen LogP contribution >= 0.6 is 0 Å². The molecule has 1 aromatic heterocycles. The van der Waals surface area contributed by atoms with Crippen LogP contribution in [0, 0.1) is 0 Å². The van der Waals surface area contributed by atoms with Gasteiger partial charge in [0.2, 0.25) is 5.91 Å². The van der Waals surface area contributed by atoms with Crippen molar-refractivity contribution in [3.05, 3.63) is 53.7 Å². The Bertz CT molecular complexity index is 875. The van der Waals surface area contributed by atoms with Crippen molar-refractivity contribution in [2.24, 2.45) is 0 Å². The Morgan fingerprint density at radius 2 is 1.70 bits per heavy atom. The molecule has 1 N–H and O–H groups in total. The molecule has 0 saturated carbocycles. The monoisotopic (exact) mass is 420 g/mol. The number of nitrogens with one attached hydrogen (secondary N) is 1. The van der Waals surface area contributed by atoms with E-state index in [0.717, 1.165) is 12.3 Å². The third-order valence-electron chi connectivity index (χ3n) is 5.00. The van der Waals surface area contributed by atoms with Gasteiger partial charge in [-0.1, -0.05) is 0 Å². The number of ketones is 1. The molecule has 1 aliphatic rings. The topological polar surface area (TPSA) is 65.5 Å². The highest BCUT2D eigenvalue weighted by atomic mass is 19.4. The molecule has 0 unspecified atom stereocenters. The van der Waals surface area contributed by atoms with E-state index >= 15 is 0 Å². The molecule has 0 bridgehead atoms. The van der Waals surface area contributed by atoms with E-state index < -0.39 is 11.7 Å². The van der Waals surface area contributed by atoms with E-state index in [1.165, 1.54) is 13.0 Å². The Hall–Kier alpha value is -2.94. The fourth-order valence-electron chi connectivity index (χ4n) is 3.21. The molecule has 9 heteroatoms. The summed E-state index contributed by atoms with van der Waals surface area (Å²) in [5.74, 6) is 0.380. The second-order valence-corrected chi connectivity index (χ2v) is 7.16. The largest absolute Gasteiger partial charge is 0.417 e. The molecule has 1 aromatic carbocycles. The van der Waals surface area contributed by atoms with Crippen LogP contribution in [-0.2, 0) is 11.0 Å². The standard InChI is InChI=1S/C21H23F3N4O2/c1-15(29)16-2-5-18(6-3-16)26-20(30)8-9-27-10-12-28(13-11-27)19-7-4-17(14-25-19)21(22,23)24/h2-7,14H,8-13H2,1H3,(H,26,30). The summed E-state index contributed by atoms with van der Waals surface area (Å²) < 4.78 is 37.9. The maximum Gasteiger partial charge on any atom is 0.417 e. The third-order valence-corrected chi connectivity index (χ3v) is 5.00. The maximum atomic E-state index is 12.6. The first-order valence-electron chi connectivity index (χ1n) is 9.64. The van der Waals surface area contributed by atoms with Crippen LogP contribution < -0.4 is 10.2 Å². The Morgan fingerprint density at radius 3 is 2.23 bits per heavy atom. The molecule has 1 fully saturated rings. The molecule has 1 aliphatic heterocycles. The number of Topliss-reactive ketones (excluding diaryl/α,β-unsaturated/α-hetero) is 1. The van der Waals surface area contributed by atoms with Gasteiger partial charge in [0, 0.05) is 56.6 Å². The van der Waals surface area contributed by atoms with Crippen LogP contribution in [0.15, 0.2) is 42.6 Å². The van der Waals surface area contributed by atoms with Crippen LogP contribution in [0.25, 0.3) is 0 Å². The molecule has 1 saturated heterocycles. The Morgan fingerprint density at radius 1 is 1.03 bits per heavy atom. The van der Waals surface area contributed by atoms with Gasteiger partial charge in [-0.05, 0) is 43.3 Å². The van der Waals surface area contributed by atoms with Crippen molar-refractivity contribution in [2.45, 2.75) is 19.5 Å². The van der Waals surface area contributed by atoms with E-state index in [1.54, 1.807) is 24.3 Å². The average molecular weight is 420 g/mol. The molecule has 0 aliphatic carbocycles. The van der Waals surface area contributed by atoms with Gasteiger partial charge in [0.25, 0.3) is 0 Å².